The molecule has 0 heterocycles. The lowest BCUT2D eigenvalue weighted by Gasteiger charge is -0.947. The summed E-state index contributed by atoms with van der Waals surface area (Å²) in [6, 6.07) is 0. The molecule has 0 saturated carbocycles. The summed E-state index contributed by atoms with van der Waals surface area (Å²) in [5.41, 5.74) is 0. The predicted octanol–water partition coefficient (Wildman–Crippen LogP) is -0.395. The van der Waals surface area contributed by atoms with Gasteiger partial charge in [0, 0.05) is 0 Å². The van der Waals surface area contributed by atoms with Crippen LogP contribution >= 0.6 is 13.5 Å². The van der Waals surface area contributed by atoms with Crippen LogP contribution in [0.3, 0.4) is 0 Å². The van der Waals surface area contributed by atoms with Crippen molar-refractivity contribution in [3.05, 3.63) is 0 Å². The Kier molecular flexibility index (Phi) is 122. The summed E-state index contributed by atoms with van der Waals surface area (Å²) in [6.45, 7) is 0. The molecule has 0 aliphatic carbocycles. The molecule has 3 N–H and O–H groups in total. The van der Waals surface area contributed by atoms with Gasteiger partial charge in [0.15, 0.2) is 0 Å². The van der Waals surface area contributed by atoms with Gasteiger partial charge in [-0.05, 0) is 0 Å². The molecule has 0 amide bonds. The van der Waals surface area contributed by atoms with E-state index in [9.17, 15) is 0 Å². The minimum Gasteiger partial charge on any atom is -0.344 e. The van der Waals surface area contributed by atoms with Crippen molar-refractivity contribution in [1.29, 1.82) is 0 Å². The molecule has 0 bridgehead atoms. The molecule has 0 aliphatic heterocycles. The van der Waals surface area contributed by atoms with Gasteiger partial charge in [0.25, 0.3) is 0 Å². The van der Waals surface area contributed by atoms with E-state index in [2.05, 4.69) is 0 Å². The molecule has 34 valence electrons. The molecule has 0 aromatic carbocycles. The molecule has 0 spiro atoms. The largest absolute Gasteiger partial charge is 0.344 e. The van der Waals surface area contributed by atoms with Crippen molar-refractivity contribution < 1.29 is 8.42 Å². The lowest BCUT2D eigenvalue weighted by Crippen LogP contribution is -1.18. The van der Waals surface area contributed by atoms with Crippen molar-refractivity contribution >= 4 is 25.1 Å². The van der Waals surface area contributed by atoms with E-state index in [0.29, 0.717) is 0 Å². The third-order valence-electron chi connectivity index (χ3n) is 0. The lowest BCUT2D eigenvalue weighted by molar-refractivity contribution is 0.630. The minimum atomic E-state index is -0.750. The highest BCUT2D eigenvalue weighted by Gasteiger charge is 1.12. The number of rotatable bonds is 0. The van der Waals surface area contributed by atoms with Crippen LogP contribution in [0, 0.1) is 0 Å². The van der Waals surface area contributed by atoms with Crippen LogP contribution in [0.1, 0.15) is 0 Å². The summed E-state index contributed by atoms with van der Waals surface area (Å²) in [6.07, 6.45) is 0. The molecule has 0 rings (SSSR count). The fourth-order valence-corrected chi connectivity index (χ4v) is 0. The zero-order valence-corrected chi connectivity index (χ0v) is 4.25. The van der Waals surface area contributed by atoms with Crippen LogP contribution in [0.15, 0.2) is 0 Å². The van der Waals surface area contributed by atoms with Gasteiger partial charge in [0.05, 0.1) is 0 Å². The lowest BCUT2D eigenvalue weighted by atomic mass is 14.0. The van der Waals surface area contributed by atoms with Crippen LogP contribution in [0.25, 0.3) is 0 Å². The minimum absolute atomic E-state index is 0. The van der Waals surface area contributed by atoms with Crippen molar-refractivity contribution in [2.45, 2.75) is 0 Å². The molecule has 0 aromatic rings. The van der Waals surface area contributed by atoms with E-state index in [4.69, 9.17) is 8.42 Å². The van der Waals surface area contributed by atoms with Crippen molar-refractivity contribution in [2.75, 3.05) is 0 Å². The first-order valence-corrected chi connectivity index (χ1v) is 1.00. The van der Waals surface area contributed by atoms with E-state index in [1.807, 2.05) is 0 Å². The SMILES string of the molecule is N.O=S=O.S. The van der Waals surface area contributed by atoms with Gasteiger partial charge in [-0.25, -0.2) is 0 Å². The predicted molar refractivity (Wildman–Crippen MR) is 24.3 cm³/mol. The molecule has 0 saturated heterocycles. The summed E-state index contributed by atoms with van der Waals surface area (Å²) in [4.78, 5) is 0. The molecule has 0 atom stereocenters. The topological polar surface area (TPSA) is 69.1 Å². The van der Waals surface area contributed by atoms with Gasteiger partial charge in [-0.3, -0.25) is 0 Å². The van der Waals surface area contributed by atoms with Crippen molar-refractivity contribution in [2.24, 2.45) is 0 Å². The molecule has 5 heteroatoms. The first-order valence-electron chi connectivity index (χ1n) is 0.333. The Morgan fingerprint density at radius 1 is 1.20 bits per heavy atom. The van der Waals surface area contributed by atoms with Crippen LogP contribution in [0.2, 0.25) is 0 Å². The fourth-order valence-electron chi connectivity index (χ4n) is 0. The average Bonchev–Trinajstić information content (AvgIpc) is 0.918. The van der Waals surface area contributed by atoms with Gasteiger partial charge in [0.1, 0.15) is 0 Å². The van der Waals surface area contributed by atoms with Gasteiger partial charge >= 0.3 is 11.6 Å². The Labute approximate surface area is 40.4 Å². The molecule has 3 nitrogen and oxygen atoms in total. The molecule has 0 fully saturated rings. The second-order valence-electron chi connectivity index (χ2n) is 0.0680. The Hall–Kier alpha value is 0.130. The number of hydrogen-bond acceptors (Lipinski definition) is 3. The van der Waals surface area contributed by atoms with E-state index in [1.165, 1.54) is 0 Å². The highest BCUT2D eigenvalue weighted by Crippen LogP contribution is 0.846. The van der Waals surface area contributed by atoms with Crippen molar-refractivity contribution in [3.8, 4) is 0 Å². The van der Waals surface area contributed by atoms with Crippen LogP contribution in [0.5, 0.6) is 0 Å². The van der Waals surface area contributed by atoms with Crippen molar-refractivity contribution in [1.82, 2.24) is 6.15 Å². The molecule has 0 aliphatic rings. The first kappa shape index (κ1) is 19.3. The molecular weight excluding hydrogens is 110 g/mol. The number of hydrogen-bond donors (Lipinski definition) is 1. The van der Waals surface area contributed by atoms with E-state index in [-0.39, 0.29) is 19.6 Å². The third kappa shape index (κ3) is 1110. The Morgan fingerprint density at radius 3 is 1.20 bits per heavy atom. The maximum absolute atomic E-state index is 8.29. The van der Waals surface area contributed by atoms with Crippen LogP contribution in [0.4, 0.5) is 0 Å². The van der Waals surface area contributed by atoms with Gasteiger partial charge in [-0.1, -0.05) is 0 Å². The summed E-state index contributed by atoms with van der Waals surface area (Å²) < 4.78 is 16.6. The molecule has 0 radical (unpaired) electrons. The zero-order chi connectivity index (χ0) is 2.71. The maximum atomic E-state index is 8.29. The highest BCUT2D eigenvalue weighted by atomic mass is 32.1. The Bertz CT molecular complexity index is 28.6. The second kappa shape index (κ2) is 31.7. The fraction of sp³-hybridized carbons (Fsp3) is 0. The van der Waals surface area contributed by atoms with Crippen molar-refractivity contribution in [3.63, 3.8) is 0 Å². The normalized spacial score (nSPS) is 2.40. The first-order chi connectivity index (χ1) is 1.41. The van der Waals surface area contributed by atoms with Gasteiger partial charge in [-0.2, -0.15) is 21.9 Å². The van der Waals surface area contributed by atoms with E-state index in [1.54, 1.807) is 0 Å². The standard InChI is InChI=1S/H3N.O2S.H2S/c;1-3-2;/h1H3;;1H2. The van der Waals surface area contributed by atoms with Crippen LogP contribution in [-0.2, 0) is 11.6 Å². The summed E-state index contributed by atoms with van der Waals surface area (Å²) in [5.74, 6) is 0. The molecule has 0 unspecified atom stereocenters. The smallest absolute Gasteiger partial charge is 0.335 e. The van der Waals surface area contributed by atoms with Gasteiger partial charge in [0.2, 0.25) is 0 Å². The van der Waals surface area contributed by atoms with Crippen LogP contribution < -0.4 is 6.15 Å². The molecule has 0 aromatic heterocycles. The second-order valence-corrected chi connectivity index (χ2v) is 0.204. The van der Waals surface area contributed by atoms with E-state index < -0.39 is 11.6 Å². The quantitative estimate of drug-likeness (QED) is 0.467. The third-order valence-corrected chi connectivity index (χ3v) is 0. The Morgan fingerprint density at radius 2 is 1.20 bits per heavy atom. The summed E-state index contributed by atoms with van der Waals surface area (Å²) in [5, 5.41) is 0. The van der Waals surface area contributed by atoms with E-state index in [0.717, 1.165) is 0 Å². The monoisotopic (exact) mass is 115 g/mol. The molecular formula is H5NO2S2. The highest BCUT2D eigenvalue weighted by molar-refractivity contribution is 7.59. The summed E-state index contributed by atoms with van der Waals surface area (Å²) in [7, 11) is 0. The maximum Gasteiger partial charge on any atom is 0.335 e. The zero-order valence-electron chi connectivity index (χ0n) is 2.43. The van der Waals surface area contributed by atoms with Gasteiger partial charge in [-0.15, -0.1) is 0 Å². The van der Waals surface area contributed by atoms with Crippen LogP contribution in [-0.4, -0.2) is 8.42 Å². The Balaban J connectivity index is -0.0000000200. The summed E-state index contributed by atoms with van der Waals surface area (Å²) >= 11 is -0.750. The molecule has 5 heavy (non-hydrogen) atoms. The van der Waals surface area contributed by atoms with E-state index >= 15 is 0 Å². The average molecular weight is 115 g/mol. The van der Waals surface area contributed by atoms with Gasteiger partial charge < -0.3 is 6.15 Å².